The number of nitrogens with zero attached hydrogens (tertiary/aromatic N) is 3. The van der Waals surface area contributed by atoms with Crippen LogP contribution in [0.25, 0.3) is 11.2 Å². The highest BCUT2D eigenvalue weighted by Gasteiger charge is 2.15. The zero-order valence-electron chi connectivity index (χ0n) is 10.8. The van der Waals surface area contributed by atoms with E-state index in [2.05, 4.69) is 28.4 Å². The van der Waals surface area contributed by atoms with Gasteiger partial charge in [0.1, 0.15) is 11.3 Å². The second kappa shape index (κ2) is 6.43. The maximum atomic E-state index is 5.87. The minimum absolute atomic E-state index is 0.396. The fourth-order valence-corrected chi connectivity index (χ4v) is 2.96. The van der Waals surface area contributed by atoms with E-state index >= 15 is 0 Å². The van der Waals surface area contributed by atoms with E-state index in [9.17, 15) is 0 Å². The van der Waals surface area contributed by atoms with Crippen molar-refractivity contribution in [2.45, 2.75) is 26.3 Å². The molecule has 0 bridgehead atoms. The van der Waals surface area contributed by atoms with Gasteiger partial charge in [0.15, 0.2) is 5.65 Å². The molecule has 0 aliphatic carbocycles. The quantitative estimate of drug-likeness (QED) is 0.760. The molecule has 0 amide bonds. The van der Waals surface area contributed by atoms with Crippen molar-refractivity contribution in [3.05, 3.63) is 24.2 Å². The van der Waals surface area contributed by atoms with Crippen molar-refractivity contribution >= 4 is 34.5 Å². The number of fused-ring (bicyclic) bond motifs is 1. The third-order valence-corrected chi connectivity index (χ3v) is 4.16. The Morgan fingerprint density at radius 2 is 2.33 bits per heavy atom. The molecule has 2 heterocycles. The Hall–Kier alpha value is -0.740. The van der Waals surface area contributed by atoms with Gasteiger partial charge in [-0.1, -0.05) is 6.92 Å². The van der Waals surface area contributed by atoms with E-state index in [1.807, 2.05) is 30.1 Å². The van der Waals surface area contributed by atoms with Crippen molar-refractivity contribution in [1.82, 2.24) is 14.5 Å². The van der Waals surface area contributed by atoms with Crippen LogP contribution in [-0.4, -0.2) is 31.9 Å². The Kier molecular flexibility index (Phi) is 4.89. The number of hydrogen-bond donors (Lipinski definition) is 0. The molecule has 2 rings (SSSR count). The van der Waals surface area contributed by atoms with Gasteiger partial charge in [-0.3, -0.25) is 0 Å². The fourth-order valence-electron chi connectivity index (χ4n) is 2.06. The topological polar surface area (TPSA) is 30.7 Å². The smallest absolute Gasteiger partial charge is 0.160 e. The Labute approximate surface area is 117 Å². The molecule has 2 aromatic heterocycles. The van der Waals surface area contributed by atoms with Gasteiger partial charge < -0.3 is 4.57 Å². The molecular weight excluding hydrogens is 266 g/mol. The molecule has 0 aliphatic heterocycles. The normalized spacial score (nSPS) is 13.1. The molecule has 3 nitrogen and oxygen atoms in total. The molecular formula is C13H18ClN3S. The van der Waals surface area contributed by atoms with Crippen molar-refractivity contribution in [3.8, 4) is 0 Å². The first-order chi connectivity index (χ1) is 8.77. The average molecular weight is 284 g/mol. The molecule has 18 heavy (non-hydrogen) atoms. The lowest BCUT2D eigenvalue weighted by molar-refractivity contribution is 0.593. The minimum atomic E-state index is 0.396. The number of halogens is 1. The zero-order chi connectivity index (χ0) is 13.0. The SMILES string of the molecule is CCSCC(C)n1c(CCCl)nc2cccnc21. The maximum absolute atomic E-state index is 5.87. The highest BCUT2D eigenvalue weighted by molar-refractivity contribution is 7.99. The van der Waals surface area contributed by atoms with Gasteiger partial charge in [-0.2, -0.15) is 11.8 Å². The number of hydrogen-bond acceptors (Lipinski definition) is 3. The van der Waals surface area contributed by atoms with Crippen molar-refractivity contribution in [2.75, 3.05) is 17.4 Å². The first-order valence-electron chi connectivity index (χ1n) is 6.23. The molecule has 0 aliphatic rings. The van der Waals surface area contributed by atoms with Crippen molar-refractivity contribution in [2.24, 2.45) is 0 Å². The molecule has 2 aromatic rings. The second-order valence-electron chi connectivity index (χ2n) is 4.19. The van der Waals surface area contributed by atoms with Crippen LogP contribution in [0.2, 0.25) is 0 Å². The monoisotopic (exact) mass is 283 g/mol. The summed E-state index contributed by atoms with van der Waals surface area (Å²) in [6.45, 7) is 4.40. The van der Waals surface area contributed by atoms with Gasteiger partial charge in [-0.05, 0) is 24.8 Å². The van der Waals surface area contributed by atoms with Crippen LogP contribution in [0.3, 0.4) is 0 Å². The van der Waals surface area contributed by atoms with Crippen LogP contribution >= 0.6 is 23.4 Å². The van der Waals surface area contributed by atoms with Gasteiger partial charge in [0.25, 0.3) is 0 Å². The summed E-state index contributed by atoms with van der Waals surface area (Å²) in [6, 6.07) is 4.33. The molecule has 0 aromatic carbocycles. The van der Waals surface area contributed by atoms with Crippen molar-refractivity contribution in [3.63, 3.8) is 0 Å². The molecule has 0 radical (unpaired) electrons. The van der Waals surface area contributed by atoms with Gasteiger partial charge >= 0.3 is 0 Å². The number of thioether (sulfide) groups is 1. The molecule has 1 unspecified atom stereocenters. The van der Waals surface area contributed by atoms with E-state index in [1.54, 1.807) is 0 Å². The van der Waals surface area contributed by atoms with Crippen molar-refractivity contribution < 1.29 is 0 Å². The predicted molar refractivity (Wildman–Crippen MR) is 79.7 cm³/mol. The number of pyridine rings is 1. The summed E-state index contributed by atoms with van der Waals surface area (Å²) in [7, 11) is 0. The zero-order valence-corrected chi connectivity index (χ0v) is 12.3. The van der Waals surface area contributed by atoms with E-state index in [-0.39, 0.29) is 0 Å². The van der Waals surface area contributed by atoms with Gasteiger partial charge in [0, 0.05) is 30.3 Å². The largest absolute Gasteiger partial charge is 0.309 e. The molecule has 0 fully saturated rings. The Morgan fingerprint density at radius 3 is 3.06 bits per heavy atom. The van der Waals surface area contributed by atoms with E-state index in [4.69, 9.17) is 11.6 Å². The van der Waals surface area contributed by atoms with Crippen LogP contribution in [-0.2, 0) is 6.42 Å². The Morgan fingerprint density at radius 1 is 1.50 bits per heavy atom. The highest BCUT2D eigenvalue weighted by atomic mass is 35.5. The van der Waals surface area contributed by atoms with E-state index in [0.717, 1.165) is 34.9 Å². The summed E-state index contributed by atoms with van der Waals surface area (Å²) in [5.41, 5.74) is 1.94. The van der Waals surface area contributed by atoms with Gasteiger partial charge in [0.2, 0.25) is 0 Å². The highest BCUT2D eigenvalue weighted by Crippen LogP contribution is 2.22. The summed E-state index contributed by atoms with van der Waals surface area (Å²) < 4.78 is 2.24. The molecule has 0 N–H and O–H groups in total. The summed E-state index contributed by atoms with van der Waals surface area (Å²) in [5.74, 6) is 3.85. The maximum Gasteiger partial charge on any atom is 0.160 e. The van der Waals surface area contributed by atoms with Crippen LogP contribution in [0.5, 0.6) is 0 Å². The summed E-state index contributed by atoms with van der Waals surface area (Å²) in [4.78, 5) is 9.10. The van der Waals surface area contributed by atoms with Gasteiger partial charge in [0.05, 0.1) is 0 Å². The molecule has 0 spiro atoms. The third-order valence-electron chi connectivity index (χ3n) is 2.84. The molecule has 1 atom stereocenters. The molecule has 98 valence electrons. The van der Waals surface area contributed by atoms with Crippen LogP contribution in [0, 0.1) is 0 Å². The van der Waals surface area contributed by atoms with E-state index < -0.39 is 0 Å². The number of aromatic nitrogens is 3. The lowest BCUT2D eigenvalue weighted by atomic mass is 10.3. The van der Waals surface area contributed by atoms with Crippen LogP contribution in [0.1, 0.15) is 25.7 Å². The number of aryl methyl sites for hydroxylation is 1. The lowest BCUT2D eigenvalue weighted by Crippen LogP contribution is -2.12. The number of alkyl halides is 1. The predicted octanol–water partition coefficient (Wildman–Crippen LogP) is 3.53. The summed E-state index contributed by atoms with van der Waals surface area (Å²) >= 11 is 7.81. The fraction of sp³-hybridized carbons (Fsp3) is 0.538. The van der Waals surface area contributed by atoms with Crippen LogP contribution in [0.4, 0.5) is 0 Å². The molecule has 0 saturated heterocycles. The van der Waals surface area contributed by atoms with E-state index in [0.29, 0.717) is 11.9 Å². The lowest BCUT2D eigenvalue weighted by Gasteiger charge is -2.16. The standard InChI is InChI=1S/C13H18ClN3S/c1-3-18-9-10(2)17-12(6-7-14)16-11-5-4-8-15-13(11)17/h4-5,8,10H,3,6-7,9H2,1-2H3. The Bertz CT molecular complexity index is 512. The first-order valence-corrected chi connectivity index (χ1v) is 7.92. The number of rotatable bonds is 6. The summed E-state index contributed by atoms with van der Waals surface area (Å²) in [6.07, 6.45) is 2.61. The van der Waals surface area contributed by atoms with E-state index in [1.165, 1.54) is 0 Å². The van der Waals surface area contributed by atoms with Crippen molar-refractivity contribution in [1.29, 1.82) is 0 Å². The van der Waals surface area contributed by atoms with Gasteiger partial charge in [-0.15, -0.1) is 11.6 Å². The average Bonchev–Trinajstić information content (AvgIpc) is 2.74. The molecule has 0 saturated carbocycles. The third kappa shape index (κ3) is 2.81. The number of imidazole rings is 1. The minimum Gasteiger partial charge on any atom is -0.309 e. The molecule has 5 heteroatoms. The Balaban J connectivity index is 2.40. The summed E-state index contributed by atoms with van der Waals surface area (Å²) in [5, 5.41) is 0. The van der Waals surface area contributed by atoms with Crippen LogP contribution < -0.4 is 0 Å². The first kappa shape index (κ1) is 13.7. The van der Waals surface area contributed by atoms with Crippen LogP contribution in [0.15, 0.2) is 18.3 Å². The second-order valence-corrected chi connectivity index (χ2v) is 5.89. The van der Waals surface area contributed by atoms with Gasteiger partial charge in [-0.25, -0.2) is 9.97 Å².